The van der Waals surface area contributed by atoms with E-state index in [-0.39, 0.29) is 31.0 Å². The number of carbonyl (C=O) groups is 2. The van der Waals surface area contributed by atoms with Crippen LogP contribution in [0.5, 0.6) is 28.7 Å². The number of hydrogen-bond donors (Lipinski definition) is 2. The molecule has 0 saturated heterocycles. The number of hydrogen-bond acceptors (Lipinski definition) is 8. The van der Waals surface area contributed by atoms with E-state index in [4.69, 9.17) is 23.7 Å². The topological polar surface area (TPSA) is 139 Å². The number of aliphatic carboxylic acids is 1. The van der Waals surface area contributed by atoms with E-state index in [2.05, 4.69) is 5.10 Å². The Balaban J connectivity index is 1.55. The number of benzene rings is 3. The van der Waals surface area contributed by atoms with Crippen LogP contribution < -0.4 is 23.7 Å². The van der Waals surface area contributed by atoms with Gasteiger partial charge in [0.1, 0.15) is 23.9 Å². The molecule has 1 aromatic heterocycles. The van der Waals surface area contributed by atoms with Gasteiger partial charge in [-0.05, 0) is 37.3 Å². The molecule has 0 fully saturated rings. The normalized spacial score (nSPS) is 12.2. The molecule has 222 valence electrons. The minimum atomic E-state index is -1.11. The van der Waals surface area contributed by atoms with E-state index in [0.29, 0.717) is 63.2 Å². The number of aromatic nitrogens is 2. The highest BCUT2D eigenvalue weighted by atomic mass is 16.7. The Hall–Kier alpha value is -5.45. The maximum Gasteiger partial charge on any atom is 0.336 e. The molecule has 0 bridgehead atoms. The van der Waals surface area contributed by atoms with Gasteiger partial charge in [0, 0.05) is 52.9 Å². The first-order valence-corrected chi connectivity index (χ1v) is 13.4. The second kappa shape index (κ2) is 12.6. The maximum atomic E-state index is 12.5. The van der Waals surface area contributed by atoms with Crippen molar-refractivity contribution < 1.29 is 43.5 Å². The average Bonchev–Trinajstić information content (AvgIpc) is 3.65. The van der Waals surface area contributed by atoms with Crippen LogP contribution in [0.2, 0.25) is 0 Å². The summed E-state index contributed by atoms with van der Waals surface area (Å²) in [5.74, 6) is 0.321. The Labute approximate surface area is 247 Å². The van der Waals surface area contributed by atoms with Gasteiger partial charge < -0.3 is 33.9 Å². The third-order valence-corrected chi connectivity index (χ3v) is 7.00. The lowest BCUT2D eigenvalue weighted by molar-refractivity contribution is -0.132. The number of aromatic carboxylic acids is 1. The van der Waals surface area contributed by atoms with Crippen LogP contribution in [0.4, 0.5) is 0 Å². The molecule has 0 unspecified atom stereocenters. The molecule has 0 atom stereocenters. The number of methoxy groups -OCH3 is 2. The second-order valence-corrected chi connectivity index (χ2v) is 9.55. The molecule has 3 aromatic carbocycles. The molecular formula is C32H30N2O9. The summed E-state index contributed by atoms with van der Waals surface area (Å²) in [5.41, 5.74) is 3.17. The third-order valence-electron chi connectivity index (χ3n) is 7.00. The summed E-state index contributed by atoms with van der Waals surface area (Å²) >= 11 is 0. The quantitative estimate of drug-likeness (QED) is 0.210. The number of fused-ring (bicyclic) bond motifs is 1. The number of carboxylic acid groups (broad SMARTS) is 2. The Morgan fingerprint density at radius 2 is 1.74 bits per heavy atom. The number of nitrogens with zero attached hydrogens (tertiary/aromatic N) is 2. The van der Waals surface area contributed by atoms with Crippen molar-refractivity contribution in [2.75, 3.05) is 21.0 Å². The Kier molecular flexibility index (Phi) is 8.51. The van der Waals surface area contributed by atoms with Crippen LogP contribution in [0, 0.1) is 0 Å². The van der Waals surface area contributed by atoms with Gasteiger partial charge in [0.25, 0.3) is 0 Å². The number of ether oxygens (including phenoxy) is 5. The molecule has 1 aliphatic rings. The molecule has 4 aromatic rings. The number of rotatable bonds is 12. The van der Waals surface area contributed by atoms with Gasteiger partial charge in [-0.15, -0.1) is 0 Å². The molecule has 2 N–H and O–H groups in total. The molecule has 0 spiro atoms. The van der Waals surface area contributed by atoms with Crippen LogP contribution in [-0.4, -0.2) is 52.9 Å². The van der Waals surface area contributed by atoms with Crippen molar-refractivity contribution in [2.24, 2.45) is 0 Å². The summed E-state index contributed by atoms with van der Waals surface area (Å²) in [6.07, 6.45) is 3.23. The van der Waals surface area contributed by atoms with E-state index in [1.807, 2.05) is 6.92 Å². The average molecular weight is 587 g/mol. The molecule has 1 aliphatic heterocycles. The Morgan fingerprint density at radius 1 is 0.977 bits per heavy atom. The van der Waals surface area contributed by atoms with E-state index in [1.54, 1.807) is 65.5 Å². The van der Waals surface area contributed by atoms with Crippen molar-refractivity contribution in [3.63, 3.8) is 0 Å². The second-order valence-electron chi connectivity index (χ2n) is 9.55. The van der Waals surface area contributed by atoms with Crippen LogP contribution >= 0.6 is 0 Å². The van der Waals surface area contributed by atoms with Crippen LogP contribution in [0.25, 0.3) is 17.3 Å². The van der Waals surface area contributed by atoms with Crippen molar-refractivity contribution in [2.45, 2.75) is 26.5 Å². The molecule has 0 radical (unpaired) electrons. The first-order chi connectivity index (χ1) is 20.8. The lowest BCUT2D eigenvalue weighted by Crippen LogP contribution is -2.07. The minimum absolute atomic E-state index is 0.0155. The molecule has 5 rings (SSSR count). The van der Waals surface area contributed by atoms with Gasteiger partial charge in [0.15, 0.2) is 11.5 Å². The van der Waals surface area contributed by atoms with Crippen molar-refractivity contribution in [3.8, 4) is 40.0 Å². The SMILES string of the molecule is CCn1ncc(/C=C(\Cc2cc3c(cc2OC)OCO3)C(=O)O)c1-c1ccc(OC)cc1OCc1ccccc1C(=O)O. The van der Waals surface area contributed by atoms with Crippen LogP contribution in [0.15, 0.2) is 66.4 Å². The van der Waals surface area contributed by atoms with Gasteiger partial charge >= 0.3 is 11.9 Å². The largest absolute Gasteiger partial charge is 0.497 e. The monoisotopic (exact) mass is 586 g/mol. The molecular weight excluding hydrogens is 556 g/mol. The fraction of sp³-hybridized carbons (Fsp3) is 0.219. The van der Waals surface area contributed by atoms with Gasteiger partial charge in [-0.2, -0.15) is 5.10 Å². The summed E-state index contributed by atoms with van der Waals surface area (Å²) in [4.78, 5) is 24.2. The first kappa shape index (κ1) is 29.1. The van der Waals surface area contributed by atoms with E-state index in [9.17, 15) is 19.8 Å². The number of carboxylic acids is 2. The summed E-state index contributed by atoms with van der Waals surface area (Å²) in [5, 5.41) is 24.3. The van der Waals surface area contributed by atoms with Gasteiger partial charge in [-0.1, -0.05) is 18.2 Å². The van der Waals surface area contributed by atoms with Gasteiger partial charge in [-0.3, -0.25) is 4.68 Å². The lowest BCUT2D eigenvalue weighted by Gasteiger charge is -2.16. The maximum absolute atomic E-state index is 12.5. The zero-order valence-corrected chi connectivity index (χ0v) is 23.8. The van der Waals surface area contributed by atoms with E-state index >= 15 is 0 Å². The molecule has 0 saturated carbocycles. The highest BCUT2D eigenvalue weighted by Gasteiger charge is 2.22. The molecule has 0 aliphatic carbocycles. The Bertz CT molecular complexity index is 1710. The molecule has 0 amide bonds. The zero-order valence-electron chi connectivity index (χ0n) is 23.8. The minimum Gasteiger partial charge on any atom is -0.497 e. The van der Waals surface area contributed by atoms with Crippen molar-refractivity contribution in [1.82, 2.24) is 9.78 Å². The summed E-state index contributed by atoms with van der Waals surface area (Å²) in [6.45, 7) is 2.48. The van der Waals surface area contributed by atoms with Crippen molar-refractivity contribution >= 4 is 18.0 Å². The zero-order chi connectivity index (χ0) is 30.5. The van der Waals surface area contributed by atoms with Crippen LogP contribution in [-0.2, 0) is 24.4 Å². The predicted octanol–water partition coefficient (Wildman–Crippen LogP) is 5.30. The van der Waals surface area contributed by atoms with Crippen molar-refractivity contribution in [3.05, 3.63) is 88.6 Å². The number of aryl methyl sites for hydroxylation is 1. The fourth-order valence-corrected chi connectivity index (χ4v) is 4.87. The van der Waals surface area contributed by atoms with Gasteiger partial charge in [-0.25, -0.2) is 9.59 Å². The van der Waals surface area contributed by atoms with Crippen LogP contribution in [0.1, 0.15) is 34.0 Å². The molecule has 43 heavy (non-hydrogen) atoms. The lowest BCUT2D eigenvalue weighted by atomic mass is 9.99. The standard InChI is InChI=1S/C32H30N2O9/c1-4-34-30(25-10-9-23(39-2)14-27(25)41-17-19-7-5-6-8-24(19)32(37)38)22(16-33-34)12-21(31(35)36)11-20-13-28-29(43-18-42-28)15-26(20)40-3/h5-10,12-16H,4,11,17-18H2,1-3H3,(H,35,36)(H,37,38)/b21-12+. The molecule has 11 nitrogen and oxygen atoms in total. The van der Waals surface area contributed by atoms with E-state index in [1.165, 1.54) is 20.3 Å². The molecule has 2 heterocycles. The van der Waals surface area contributed by atoms with Gasteiger partial charge in [0.2, 0.25) is 6.79 Å². The van der Waals surface area contributed by atoms with Crippen LogP contribution in [0.3, 0.4) is 0 Å². The summed E-state index contributed by atoms with van der Waals surface area (Å²) in [6, 6.07) is 15.3. The van der Waals surface area contributed by atoms with E-state index in [0.717, 1.165) is 0 Å². The summed E-state index contributed by atoms with van der Waals surface area (Å²) < 4.78 is 29.8. The van der Waals surface area contributed by atoms with Crippen molar-refractivity contribution in [1.29, 1.82) is 0 Å². The fourth-order valence-electron chi connectivity index (χ4n) is 4.87. The first-order valence-electron chi connectivity index (χ1n) is 13.4. The predicted molar refractivity (Wildman–Crippen MR) is 156 cm³/mol. The third kappa shape index (κ3) is 6.10. The smallest absolute Gasteiger partial charge is 0.336 e. The highest BCUT2D eigenvalue weighted by molar-refractivity contribution is 5.94. The molecule has 11 heteroatoms. The van der Waals surface area contributed by atoms with Gasteiger partial charge in [0.05, 0.1) is 31.7 Å². The highest BCUT2D eigenvalue weighted by Crippen LogP contribution is 2.40. The summed E-state index contributed by atoms with van der Waals surface area (Å²) in [7, 11) is 3.04. The Morgan fingerprint density at radius 3 is 2.44 bits per heavy atom. The van der Waals surface area contributed by atoms with E-state index < -0.39 is 11.9 Å².